The Morgan fingerprint density at radius 3 is 2.92 bits per heavy atom. The van der Waals surface area contributed by atoms with Gasteiger partial charge in [0.2, 0.25) is 5.91 Å². The maximum absolute atomic E-state index is 12.4. The first-order chi connectivity index (χ1) is 11.7. The summed E-state index contributed by atoms with van der Waals surface area (Å²) in [5.74, 6) is 0.747. The molecule has 2 N–H and O–H groups in total. The van der Waals surface area contributed by atoms with Gasteiger partial charge in [-0.3, -0.25) is 4.79 Å². The monoisotopic (exact) mass is 324 g/mol. The number of amides is 1. The molecule has 126 valence electrons. The standard InChI is InChI=1S/C20H24N2O2/c1-14-10-11-19(24-2)18(12-14)21-13-20(23)22-17-9-5-7-15-6-3-4-8-16(15)17/h3-4,6,8,10-12,17,21H,5,7,9,13H2,1-2H3,(H,22,23). The first-order valence-corrected chi connectivity index (χ1v) is 8.43. The molecule has 2 aromatic carbocycles. The summed E-state index contributed by atoms with van der Waals surface area (Å²) in [5, 5.41) is 6.34. The Morgan fingerprint density at radius 2 is 2.08 bits per heavy atom. The van der Waals surface area contributed by atoms with E-state index >= 15 is 0 Å². The number of rotatable bonds is 5. The summed E-state index contributed by atoms with van der Waals surface area (Å²) in [6.07, 6.45) is 3.21. The minimum atomic E-state index is 0.000243. The molecule has 24 heavy (non-hydrogen) atoms. The fourth-order valence-corrected chi connectivity index (χ4v) is 3.28. The number of benzene rings is 2. The minimum absolute atomic E-state index is 0.000243. The average molecular weight is 324 g/mol. The van der Waals surface area contributed by atoms with Gasteiger partial charge >= 0.3 is 0 Å². The van der Waals surface area contributed by atoms with E-state index in [-0.39, 0.29) is 18.5 Å². The number of carbonyl (C=O) groups is 1. The number of hydrogen-bond donors (Lipinski definition) is 2. The Kier molecular flexibility index (Phi) is 5.04. The molecule has 1 aliphatic carbocycles. The first kappa shape index (κ1) is 16.4. The lowest BCUT2D eigenvalue weighted by Crippen LogP contribution is -2.35. The number of hydrogen-bond acceptors (Lipinski definition) is 3. The van der Waals surface area contributed by atoms with E-state index in [1.807, 2.05) is 31.2 Å². The Morgan fingerprint density at radius 1 is 1.25 bits per heavy atom. The third-order valence-electron chi connectivity index (χ3n) is 4.50. The molecule has 0 fully saturated rings. The molecule has 2 aromatic rings. The number of methoxy groups -OCH3 is 1. The van der Waals surface area contributed by atoms with Crippen LogP contribution in [0.15, 0.2) is 42.5 Å². The Labute approximate surface area is 143 Å². The van der Waals surface area contributed by atoms with Crippen LogP contribution in [0.25, 0.3) is 0 Å². The zero-order chi connectivity index (χ0) is 16.9. The lowest BCUT2D eigenvalue weighted by atomic mass is 9.88. The van der Waals surface area contributed by atoms with Crippen molar-refractivity contribution < 1.29 is 9.53 Å². The van der Waals surface area contributed by atoms with Gasteiger partial charge in [0.15, 0.2) is 0 Å². The van der Waals surface area contributed by atoms with Crippen molar-refractivity contribution in [2.24, 2.45) is 0 Å². The van der Waals surface area contributed by atoms with Crippen LogP contribution >= 0.6 is 0 Å². The van der Waals surface area contributed by atoms with E-state index in [0.29, 0.717) is 0 Å². The van der Waals surface area contributed by atoms with Crippen LogP contribution in [-0.2, 0) is 11.2 Å². The van der Waals surface area contributed by atoms with Crippen LogP contribution in [0.4, 0.5) is 5.69 Å². The van der Waals surface area contributed by atoms with Crippen LogP contribution in [0.1, 0.15) is 35.6 Å². The second-order valence-corrected chi connectivity index (χ2v) is 6.27. The molecule has 0 spiro atoms. The molecule has 0 aromatic heterocycles. The molecule has 0 saturated carbocycles. The van der Waals surface area contributed by atoms with Gasteiger partial charge in [0.25, 0.3) is 0 Å². The van der Waals surface area contributed by atoms with Crippen LogP contribution in [0, 0.1) is 6.92 Å². The zero-order valence-electron chi connectivity index (χ0n) is 14.3. The molecule has 4 nitrogen and oxygen atoms in total. The van der Waals surface area contributed by atoms with Crippen molar-refractivity contribution in [2.75, 3.05) is 19.0 Å². The maximum atomic E-state index is 12.4. The molecule has 0 heterocycles. The normalized spacial score (nSPS) is 16.2. The third-order valence-corrected chi connectivity index (χ3v) is 4.50. The molecule has 1 aliphatic rings. The first-order valence-electron chi connectivity index (χ1n) is 8.43. The minimum Gasteiger partial charge on any atom is -0.495 e. The smallest absolute Gasteiger partial charge is 0.239 e. The summed E-state index contributed by atoms with van der Waals surface area (Å²) >= 11 is 0. The summed E-state index contributed by atoms with van der Waals surface area (Å²) in [7, 11) is 1.63. The largest absolute Gasteiger partial charge is 0.495 e. The van der Waals surface area contributed by atoms with E-state index in [1.165, 1.54) is 11.1 Å². The van der Waals surface area contributed by atoms with E-state index in [9.17, 15) is 4.79 Å². The van der Waals surface area contributed by atoms with Crippen molar-refractivity contribution in [3.05, 3.63) is 59.2 Å². The second kappa shape index (κ2) is 7.39. The highest BCUT2D eigenvalue weighted by Gasteiger charge is 2.21. The van der Waals surface area contributed by atoms with Crippen LogP contribution in [0.3, 0.4) is 0 Å². The predicted molar refractivity (Wildman–Crippen MR) is 96.5 cm³/mol. The van der Waals surface area contributed by atoms with Gasteiger partial charge in [-0.2, -0.15) is 0 Å². The number of nitrogens with one attached hydrogen (secondary N) is 2. The summed E-state index contributed by atoms with van der Waals surface area (Å²) in [5.41, 5.74) is 4.57. The Balaban J connectivity index is 1.62. The van der Waals surface area contributed by atoms with Crippen molar-refractivity contribution in [1.29, 1.82) is 0 Å². The third kappa shape index (κ3) is 3.70. The lowest BCUT2D eigenvalue weighted by molar-refractivity contribution is -0.120. The molecule has 0 bridgehead atoms. The van der Waals surface area contributed by atoms with Gasteiger partial charge in [0.05, 0.1) is 25.4 Å². The lowest BCUT2D eigenvalue weighted by Gasteiger charge is -2.26. The van der Waals surface area contributed by atoms with Crippen molar-refractivity contribution in [2.45, 2.75) is 32.2 Å². The second-order valence-electron chi connectivity index (χ2n) is 6.27. The summed E-state index contributed by atoms with van der Waals surface area (Å²) in [6, 6.07) is 14.4. The highest BCUT2D eigenvalue weighted by molar-refractivity contribution is 5.81. The molecule has 0 saturated heterocycles. The molecular formula is C20H24N2O2. The molecule has 0 aliphatic heterocycles. The zero-order valence-corrected chi connectivity index (χ0v) is 14.3. The van der Waals surface area contributed by atoms with Gasteiger partial charge in [0.1, 0.15) is 5.75 Å². The van der Waals surface area contributed by atoms with Gasteiger partial charge in [-0.15, -0.1) is 0 Å². The summed E-state index contributed by atoms with van der Waals surface area (Å²) < 4.78 is 5.33. The Hall–Kier alpha value is -2.49. The van der Waals surface area contributed by atoms with E-state index < -0.39 is 0 Å². The average Bonchev–Trinajstić information content (AvgIpc) is 2.60. The van der Waals surface area contributed by atoms with E-state index in [2.05, 4.69) is 28.8 Å². The molecule has 0 radical (unpaired) electrons. The van der Waals surface area contributed by atoms with E-state index in [4.69, 9.17) is 4.74 Å². The van der Waals surface area contributed by atoms with Gasteiger partial charge < -0.3 is 15.4 Å². The SMILES string of the molecule is COc1ccc(C)cc1NCC(=O)NC1CCCc2ccccc21. The number of ether oxygens (including phenoxy) is 1. The van der Waals surface area contributed by atoms with Crippen LogP contribution in [0.5, 0.6) is 5.75 Å². The quantitative estimate of drug-likeness (QED) is 0.883. The molecule has 1 unspecified atom stereocenters. The number of fused-ring (bicyclic) bond motifs is 1. The number of carbonyl (C=O) groups excluding carboxylic acids is 1. The van der Waals surface area contributed by atoms with Gasteiger partial charge in [-0.05, 0) is 55.0 Å². The van der Waals surface area contributed by atoms with Crippen molar-refractivity contribution in [3.8, 4) is 5.75 Å². The molecule has 1 atom stereocenters. The fraction of sp³-hybridized carbons (Fsp3) is 0.350. The molecule has 3 rings (SSSR count). The topological polar surface area (TPSA) is 50.4 Å². The van der Waals surface area contributed by atoms with Crippen molar-refractivity contribution >= 4 is 11.6 Å². The Bertz CT molecular complexity index is 727. The van der Waals surface area contributed by atoms with Gasteiger partial charge in [-0.1, -0.05) is 30.3 Å². The maximum Gasteiger partial charge on any atom is 0.239 e. The molecular weight excluding hydrogens is 300 g/mol. The summed E-state index contributed by atoms with van der Waals surface area (Å²) in [6.45, 7) is 2.25. The van der Waals surface area contributed by atoms with Crippen LogP contribution in [0.2, 0.25) is 0 Å². The summed E-state index contributed by atoms with van der Waals surface area (Å²) in [4.78, 5) is 12.4. The highest BCUT2D eigenvalue weighted by Crippen LogP contribution is 2.29. The van der Waals surface area contributed by atoms with E-state index in [0.717, 1.165) is 36.3 Å². The number of anilines is 1. The fourth-order valence-electron chi connectivity index (χ4n) is 3.28. The van der Waals surface area contributed by atoms with Crippen molar-refractivity contribution in [3.63, 3.8) is 0 Å². The molecule has 4 heteroatoms. The van der Waals surface area contributed by atoms with Crippen LogP contribution < -0.4 is 15.4 Å². The van der Waals surface area contributed by atoms with Crippen molar-refractivity contribution in [1.82, 2.24) is 5.32 Å². The predicted octanol–water partition coefficient (Wildman–Crippen LogP) is 3.61. The molecule has 1 amide bonds. The van der Waals surface area contributed by atoms with Gasteiger partial charge in [0, 0.05) is 0 Å². The van der Waals surface area contributed by atoms with Gasteiger partial charge in [-0.25, -0.2) is 0 Å². The highest BCUT2D eigenvalue weighted by atomic mass is 16.5. The number of aryl methyl sites for hydroxylation is 2. The van der Waals surface area contributed by atoms with E-state index in [1.54, 1.807) is 7.11 Å². The van der Waals surface area contributed by atoms with Crippen LogP contribution in [-0.4, -0.2) is 19.6 Å².